The van der Waals surface area contributed by atoms with Crippen molar-refractivity contribution in [3.63, 3.8) is 0 Å². The van der Waals surface area contributed by atoms with E-state index >= 15 is 0 Å². The Morgan fingerprint density at radius 3 is 3.05 bits per heavy atom. The van der Waals surface area contributed by atoms with Crippen molar-refractivity contribution in [2.75, 3.05) is 7.05 Å². The van der Waals surface area contributed by atoms with Gasteiger partial charge in [-0.05, 0) is 41.9 Å². The Balaban J connectivity index is 1.70. The molecule has 0 atom stereocenters. The molecular formula is C14H16BrN3O2. The molecule has 1 heterocycles. The van der Waals surface area contributed by atoms with E-state index in [4.69, 9.17) is 9.26 Å². The average molecular weight is 338 g/mol. The molecule has 0 unspecified atom stereocenters. The highest BCUT2D eigenvalue weighted by Gasteiger charge is 2.28. The van der Waals surface area contributed by atoms with E-state index in [1.165, 1.54) is 0 Å². The van der Waals surface area contributed by atoms with Gasteiger partial charge in [0.25, 0.3) is 5.89 Å². The molecule has 1 fully saturated rings. The van der Waals surface area contributed by atoms with Crippen molar-refractivity contribution in [3.8, 4) is 5.75 Å². The summed E-state index contributed by atoms with van der Waals surface area (Å²) in [6.07, 6.45) is 2.33. The van der Waals surface area contributed by atoms with Gasteiger partial charge in [-0.15, -0.1) is 0 Å². The van der Waals surface area contributed by atoms with Gasteiger partial charge in [0.05, 0.1) is 4.47 Å². The zero-order valence-corrected chi connectivity index (χ0v) is 12.8. The first kappa shape index (κ1) is 13.6. The normalized spacial score (nSPS) is 14.5. The third-order valence-corrected chi connectivity index (χ3v) is 3.81. The zero-order chi connectivity index (χ0) is 13.9. The number of ether oxygens (including phenoxy) is 1. The molecule has 1 N–H and O–H groups in total. The van der Waals surface area contributed by atoms with Gasteiger partial charge in [0.1, 0.15) is 5.75 Å². The van der Waals surface area contributed by atoms with Crippen molar-refractivity contribution in [3.05, 3.63) is 40.0 Å². The molecule has 3 rings (SSSR count). The summed E-state index contributed by atoms with van der Waals surface area (Å²) in [6, 6.07) is 5.97. The van der Waals surface area contributed by atoms with Gasteiger partial charge in [-0.25, -0.2) is 0 Å². The predicted octanol–water partition coefficient (Wildman–Crippen LogP) is 3.01. The fourth-order valence-corrected chi connectivity index (χ4v) is 2.53. The molecule has 20 heavy (non-hydrogen) atoms. The van der Waals surface area contributed by atoms with Gasteiger partial charge in [-0.1, -0.05) is 17.3 Å². The maximum atomic E-state index is 5.84. The predicted molar refractivity (Wildman–Crippen MR) is 77.5 cm³/mol. The third kappa shape index (κ3) is 3.02. The second-order valence-electron chi connectivity index (χ2n) is 4.87. The second-order valence-corrected chi connectivity index (χ2v) is 5.72. The molecule has 1 aliphatic rings. The van der Waals surface area contributed by atoms with Crippen LogP contribution in [0.2, 0.25) is 0 Å². The molecule has 0 bridgehead atoms. The quantitative estimate of drug-likeness (QED) is 0.877. The summed E-state index contributed by atoms with van der Waals surface area (Å²) in [7, 11) is 1.91. The molecule has 0 spiro atoms. The van der Waals surface area contributed by atoms with E-state index in [2.05, 4.69) is 31.4 Å². The molecule has 6 heteroatoms. The number of halogens is 1. The van der Waals surface area contributed by atoms with Crippen molar-refractivity contribution < 1.29 is 9.26 Å². The van der Waals surface area contributed by atoms with Crippen LogP contribution in [0.5, 0.6) is 5.75 Å². The fourth-order valence-electron chi connectivity index (χ4n) is 2.01. The number of hydrogen-bond acceptors (Lipinski definition) is 5. The van der Waals surface area contributed by atoms with Crippen LogP contribution in [0, 0.1) is 0 Å². The number of aromatic nitrogens is 2. The van der Waals surface area contributed by atoms with Gasteiger partial charge >= 0.3 is 0 Å². The lowest BCUT2D eigenvalue weighted by Crippen LogP contribution is -2.08. The summed E-state index contributed by atoms with van der Waals surface area (Å²) in [5, 5.41) is 7.11. The average Bonchev–Trinajstić information content (AvgIpc) is 3.18. The Morgan fingerprint density at radius 2 is 2.30 bits per heavy atom. The minimum absolute atomic E-state index is 0.291. The van der Waals surface area contributed by atoms with Crippen LogP contribution in [0.25, 0.3) is 0 Å². The van der Waals surface area contributed by atoms with Gasteiger partial charge in [0, 0.05) is 18.0 Å². The smallest absolute Gasteiger partial charge is 0.264 e. The minimum Gasteiger partial charge on any atom is -0.482 e. The number of para-hydroxylation sites is 1. The molecule has 0 aliphatic heterocycles. The molecule has 1 saturated carbocycles. The van der Waals surface area contributed by atoms with Gasteiger partial charge in [-0.3, -0.25) is 0 Å². The van der Waals surface area contributed by atoms with E-state index in [9.17, 15) is 0 Å². The van der Waals surface area contributed by atoms with Crippen LogP contribution in [0.15, 0.2) is 27.2 Å². The van der Waals surface area contributed by atoms with Crippen LogP contribution in [-0.4, -0.2) is 17.2 Å². The molecule has 0 amide bonds. The summed E-state index contributed by atoms with van der Waals surface area (Å²) in [6.45, 7) is 1.03. The Kier molecular flexibility index (Phi) is 4.03. The number of rotatable bonds is 6. The van der Waals surface area contributed by atoms with Crippen LogP contribution in [-0.2, 0) is 13.2 Å². The molecular weight excluding hydrogens is 322 g/mol. The topological polar surface area (TPSA) is 60.2 Å². The second kappa shape index (κ2) is 5.93. The summed E-state index contributed by atoms with van der Waals surface area (Å²) in [4.78, 5) is 4.36. The molecule has 1 aromatic heterocycles. The number of nitrogens with zero attached hydrogens (tertiary/aromatic N) is 2. The number of hydrogen-bond donors (Lipinski definition) is 1. The minimum atomic E-state index is 0.291. The fraction of sp³-hybridized carbons (Fsp3) is 0.429. The van der Waals surface area contributed by atoms with Crippen molar-refractivity contribution in [2.45, 2.75) is 31.9 Å². The molecule has 0 saturated heterocycles. The van der Waals surface area contributed by atoms with Crippen LogP contribution in [0.1, 0.15) is 36.0 Å². The highest BCUT2D eigenvalue weighted by atomic mass is 79.9. The lowest BCUT2D eigenvalue weighted by atomic mass is 10.2. The number of nitrogens with one attached hydrogen (secondary N) is 1. The summed E-state index contributed by atoms with van der Waals surface area (Å²) in [5.41, 5.74) is 1.09. The van der Waals surface area contributed by atoms with E-state index in [-0.39, 0.29) is 0 Å². The first-order valence-corrected chi connectivity index (χ1v) is 7.44. The van der Waals surface area contributed by atoms with Crippen molar-refractivity contribution in [1.82, 2.24) is 15.5 Å². The van der Waals surface area contributed by atoms with Gasteiger partial charge < -0.3 is 14.6 Å². The van der Waals surface area contributed by atoms with Crippen LogP contribution >= 0.6 is 15.9 Å². The summed E-state index contributed by atoms with van der Waals surface area (Å²) in [5.74, 6) is 2.65. The van der Waals surface area contributed by atoms with E-state index in [1.54, 1.807) is 0 Å². The summed E-state index contributed by atoms with van der Waals surface area (Å²) < 4.78 is 12.0. The van der Waals surface area contributed by atoms with E-state index in [0.29, 0.717) is 18.4 Å². The number of benzene rings is 1. The van der Waals surface area contributed by atoms with Crippen molar-refractivity contribution in [1.29, 1.82) is 0 Å². The van der Waals surface area contributed by atoms with E-state index in [0.717, 1.165) is 41.0 Å². The van der Waals surface area contributed by atoms with E-state index < -0.39 is 0 Å². The first-order valence-electron chi connectivity index (χ1n) is 6.65. The maximum absolute atomic E-state index is 5.84. The SMILES string of the molecule is CNCc1cccc(Br)c1OCc1nc(C2CC2)no1. The van der Waals surface area contributed by atoms with Crippen LogP contribution in [0.4, 0.5) is 0 Å². The maximum Gasteiger partial charge on any atom is 0.264 e. The Hall–Kier alpha value is -1.40. The van der Waals surface area contributed by atoms with E-state index in [1.807, 2.05) is 25.2 Å². The highest BCUT2D eigenvalue weighted by molar-refractivity contribution is 9.10. The largest absolute Gasteiger partial charge is 0.482 e. The van der Waals surface area contributed by atoms with Crippen molar-refractivity contribution in [2.24, 2.45) is 0 Å². The monoisotopic (exact) mass is 337 g/mol. The van der Waals surface area contributed by atoms with Crippen LogP contribution < -0.4 is 10.1 Å². The lowest BCUT2D eigenvalue weighted by molar-refractivity contribution is 0.239. The molecule has 2 aromatic rings. The standard InChI is InChI=1S/C14H16BrN3O2/c1-16-7-10-3-2-4-11(15)13(10)19-8-12-17-14(18-20-12)9-5-6-9/h2-4,9,16H,5-8H2,1H3. The lowest BCUT2D eigenvalue weighted by Gasteiger charge is -2.11. The Morgan fingerprint density at radius 1 is 1.45 bits per heavy atom. The molecule has 1 aliphatic carbocycles. The highest BCUT2D eigenvalue weighted by Crippen LogP contribution is 2.38. The van der Waals surface area contributed by atoms with Gasteiger partial charge in [0.15, 0.2) is 12.4 Å². The zero-order valence-electron chi connectivity index (χ0n) is 11.2. The first-order chi connectivity index (χ1) is 9.78. The van der Waals surface area contributed by atoms with Gasteiger partial charge in [0.2, 0.25) is 0 Å². The third-order valence-electron chi connectivity index (χ3n) is 3.18. The Labute approximate surface area is 125 Å². The Bertz CT molecular complexity index is 596. The molecule has 106 valence electrons. The van der Waals surface area contributed by atoms with Crippen molar-refractivity contribution >= 4 is 15.9 Å². The van der Waals surface area contributed by atoms with Gasteiger partial charge in [-0.2, -0.15) is 4.98 Å². The molecule has 1 aromatic carbocycles. The van der Waals surface area contributed by atoms with Crippen LogP contribution in [0.3, 0.4) is 0 Å². The summed E-state index contributed by atoms with van der Waals surface area (Å²) >= 11 is 3.51. The molecule has 0 radical (unpaired) electrons. The molecule has 5 nitrogen and oxygen atoms in total.